The summed E-state index contributed by atoms with van der Waals surface area (Å²) in [7, 11) is 1.56. The Bertz CT molecular complexity index is 996. The molecular weight excluding hydrogens is 386 g/mol. The zero-order chi connectivity index (χ0) is 21.3. The molecule has 1 heterocycles. The van der Waals surface area contributed by atoms with Crippen molar-refractivity contribution in [1.29, 1.82) is 0 Å². The minimum atomic E-state index is -0.599. The van der Waals surface area contributed by atoms with E-state index in [1.54, 1.807) is 26.2 Å². The van der Waals surface area contributed by atoms with Crippen LogP contribution >= 0.6 is 0 Å². The molecule has 1 N–H and O–H groups in total. The van der Waals surface area contributed by atoms with Crippen molar-refractivity contribution in [2.75, 3.05) is 13.7 Å². The number of aryl methyl sites for hydroxylation is 1. The molecule has 0 fully saturated rings. The number of nitrogens with one attached hydrogen (secondary N) is 1. The minimum absolute atomic E-state index is 0.260. The second kappa shape index (κ2) is 10.2. The smallest absolute Gasteiger partial charge is 0.342 e. The Morgan fingerprint density at radius 3 is 2.50 bits per heavy atom. The summed E-state index contributed by atoms with van der Waals surface area (Å²) >= 11 is 0. The summed E-state index contributed by atoms with van der Waals surface area (Å²) in [4.78, 5) is 23.9. The summed E-state index contributed by atoms with van der Waals surface area (Å²) in [5, 5.41) is 2.71. The largest absolute Gasteiger partial charge is 0.493 e. The van der Waals surface area contributed by atoms with Crippen LogP contribution in [0.15, 0.2) is 65.3 Å². The van der Waals surface area contributed by atoms with Gasteiger partial charge in [-0.25, -0.2) is 4.79 Å². The normalized spacial score (nSPS) is 10.3. The van der Waals surface area contributed by atoms with Crippen molar-refractivity contribution in [2.24, 2.45) is 0 Å². The number of rotatable bonds is 9. The van der Waals surface area contributed by atoms with Gasteiger partial charge in [-0.05, 0) is 36.2 Å². The Kier molecular flexibility index (Phi) is 7.10. The van der Waals surface area contributed by atoms with Gasteiger partial charge >= 0.3 is 5.97 Å². The predicted octanol–water partition coefficient (Wildman–Crippen LogP) is 3.65. The van der Waals surface area contributed by atoms with E-state index in [9.17, 15) is 9.59 Å². The lowest BCUT2D eigenvalue weighted by Crippen LogP contribution is -2.28. The highest BCUT2D eigenvalue weighted by molar-refractivity contribution is 5.92. The van der Waals surface area contributed by atoms with E-state index >= 15 is 0 Å². The number of amides is 1. The van der Waals surface area contributed by atoms with Gasteiger partial charge in [0.05, 0.1) is 13.4 Å². The van der Waals surface area contributed by atoms with Gasteiger partial charge in [0.25, 0.3) is 5.91 Å². The van der Waals surface area contributed by atoms with Gasteiger partial charge in [-0.1, -0.05) is 36.4 Å². The molecule has 1 aromatic heterocycles. The van der Waals surface area contributed by atoms with E-state index < -0.39 is 11.9 Å². The van der Waals surface area contributed by atoms with Crippen LogP contribution in [0.5, 0.6) is 11.5 Å². The fraction of sp³-hybridized carbons (Fsp3) is 0.217. The highest BCUT2D eigenvalue weighted by Gasteiger charge is 2.14. The van der Waals surface area contributed by atoms with Gasteiger partial charge < -0.3 is 23.9 Å². The molecule has 0 unspecified atom stereocenters. The lowest BCUT2D eigenvalue weighted by Gasteiger charge is -2.13. The van der Waals surface area contributed by atoms with Crippen molar-refractivity contribution in [3.05, 3.63) is 83.3 Å². The third-order valence-electron chi connectivity index (χ3n) is 4.37. The van der Waals surface area contributed by atoms with Crippen LogP contribution < -0.4 is 14.8 Å². The number of carbonyl (C=O) groups is 2. The molecule has 0 saturated heterocycles. The van der Waals surface area contributed by atoms with Crippen LogP contribution in [-0.4, -0.2) is 25.6 Å². The van der Waals surface area contributed by atoms with E-state index in [0.29, 0.717) is 29.4 Å². The molecule has 1 amide bonds. The molecule has 0 atom stereocenters. The van der Waals surface area contributed by atoms with Gasteiger partial charge in [-0.15, -0.1) is 0 Å². The Balaban J connectivity index is 1.49. The summed E-state index contributed by atoms with van der Waals surface area (Å²) in [6.07, 6.45) is 1.40. The van der Waals surface area contributed by atoms with Crippen molar-refractivity contribution >= 4 is 11.9 Å². The molecule has 0 radical (unpaired) electrons. The van der Waals surface area contributed by atoms with Crippen molar-refractivity contribution in [2.45, 2.75) is 20.1 Å². The minimum Gasteiger partial charge on any atom is -0.493 e. The Labute approximate surface area is 174 Å². The molecule has 0 bridgehead atoms. The lowest BCUT2D eigenvalue weighted by atomic mass is 10.2. The second-order valence-corrected chi connectivity index (χ2v) is 6.50. The van der Waals surface area contributed by atoms with Gasteiger partial charge in [0.1, 0.15) is 17.9 Å². The predicted molar refractivity (Wildman–Crippen MR) is 109 cm³/mol. The molecule has 2 aromatic carbocycles. The van der Waals surface area contributed by atoms with Crippen molar-refractivity contribution in [3.8, 4) is 11.5 Å². The first kappa shape index (κ1) is 21.0. The molecule has 0 aliphatic rings. The summed E-state index contributed by atoms with van der Waals surface area (Å²) < 4.78 is 21.3. The summed E-state index contributed by atoms with van der Waals surface area (Å²) in [6.45, 7) is 1.96. The highest BCUT2D eigenvalue weighted by Crippen LogP contribution is 2.28. The maximum absolute atomic E-state index is 12.0. The maximum Gasteiger partial charge on any atom is 0.342 e. The fourth-order valence-electron chi connectivity index (χ4n) is 2.73. The van der Waals surface area contributed by atoms with Crippen molar-refractivity contribution in [3.63, 3.8) is 0 Å². The fourth-order valence-corrected chi connectivity index (χ4v) is 2.73. The quantitative estimate of drug-likeness (QED) is 0.543. The number of esters is 1. The zero-order valence-corrected chi connectivity index (χ0v) is 16.8. The average molecular weight is 409 g/mol. The Hall–Kier alpha value is -3.74. The van der Waals surface area contributed by atoms with E-state index in [0.717, 1.165) is 11.1 Å². The highest BCUT2D eigenvalue weighted by atomic mass is 16.5. The second-order valence-electron chi connectivity index (χ2n) is 6.50. The van der Waals surface area contributed by atoms with E-state index in [-0.39, 0.29) is 13.2 Å². The molecule has 3 rings (SSSR count). The summed E-state index contributed by atoms with van der Waals surface area (Å²) in [5.74, 6) is 0.619. The zero-order valence-electron chi connectivity index (χ0n) is 16.8. The van der Waals surface area contributed by atoms with Crippen LogP contribution in [0.25, 0.3) is 0 Å². The van der Waals surface area contributed by atoms with Gasteiger partial charge in [0.15, 0.2) is 18.1 Å². The van der Waals surface area contributed by atoms with Gasteiger partial charge in [-0.2, -0.15) is 0 Å². The lowest BCUT2D eigenvalue weighted by molar-refractivity contribution is -0.124. The first-order chi connectivity index (χ1) is 14.6. The number of hydrogen-bond donors (Lipinski definition) is 1. The van der Waals surface area contributed by atoms with Crippen molar-refractivity contribution < 1.29 is 28.2 Å². The van der Waals surface area contributed by atoms with Crippen LogP contribution in [0.2, 0.25) is 0 Å². The average Bonchev–Trinajstić information content (AvgIpc) is 3.21. The van der Waals surface area contributed by atoms with E-state index in [1.807, 2.05) is 36.4 Å². The first-order valence-electron chi connectivity index (χ1n) is 9.38. The van der Waals surface area contributed by atoms with E-state index in [1.165, 1.54) is 12.3 Å². The summed E-state index contributed by atoms with van der Waals surface area (Å²) in [5.41, 5.74) is 2.18. The number of furan rings is 1. The van der Waals surface area contributed by atoms with Crippen LogP contribution in [0.1, 0.15) is 27.2 Å². The van der Waals surface area contributed by atoms with Crippen LogP contribution in [0.3, 0.4) is 0 Å². The molecule has 0 spiro atoms. The monoisotopic (exact) mass is 409 g/mol. The molecule has 156 valence electrons. The SMILES string of the molecule is COc1cc(CNC(=O)COC(=O)c2ccoc2C)ccc1OCc1ccccc1. The maximum atomic E-state index is 12.0. The summed E-state index contributed by atoms with van der Waals surface area (Å²) in [6, 6.07) is 16.8. The molecule has 0 aliphatic carbocycles. The number of hydrogen-bond acceptors (Lipinski definition) is 6. The molecular formula is C23H23NO6. The number of ether oxygens (including phenoxy) is 3. The van der Waals surface area contributed by atoms with Crippen LogP contribution in [0.4, 0.5) is 0 Å². The number of carbonyl (C=O) groups excluding carboxylic acids is 2. The molecule has 0 aliphatic heterocycles. The molecule has 30 heavy (non-hydrogen) atoms. The van der Waals surface area contributed by atoms with Gasteiger partial charge in [-0.3, -0.25) is 4.79 Å². The van der Waals surface area contributed by atoms with Gasteiger partial charge in [0.2, 0.25) is 0 Å². The van der Waals surface area contributed by atoms with E-state index in [2.05, 4.69) is 5.32 Å². The molecule has 0 saturated carbocycles. The molecule has 7 nitrogen and oxygen atoms in total. The number of methoxy groups -OCH3 is 1. The van der Waals surface area contributed by atoms with Crippen LogP contribution in [-0.2, 0) is 22.7 Å². The Morgan fingerprint density at radius 2 is 1.80 bits per heavy atom. The van der Waals surface area contributed by atoms with Crippen LogP contribution in [0, 0.1) is 6.92 Å². The molecule has 7 heteroatoms. The Morgan fingerprint density at radius 1 is 1.00 bits per heavy atom. The molecule has 3 aromatic rings. The standard InChI is InChI=1S/C23H23NO6/c1-16-19(10-11-28-16)23(26)30-15-22(25)24-13-18-8-9-20(21(12-18)27-2)29-14-17-6-4-3-5-7-17/h3-12H,13-15H2,1-2H3,(H,24,25). The number of benzene rings is 2. The first-order valence-corrected chi connectivity index (χ1v) is 9.38. The third kappa shape index (κ3) is 5.64. The topological polar surface area (TPSA) is 87.0 Å². The third-order valence-corrected chi connectivity index (χ3v) is 4.37. The van der Waals surface area contributed by atoms with Gasteiger partial charge in [0, 0.05) is 6.54 Å². The van der Waals surface area contributed by atoms with E-state index in [4.69, 9.17) is 18.6 Å². The van der Waals surface area contributed by atoms with Crippen molar-refractivity contribution in [1.82, 2.24) is 5.32 Å².